The van der Waals surface area contributed by atoms with Crippen LogP contribution in [0.5, 0.6) is 0 Å². The van der Waals surface area contributed by atoms with Crippen molar-refractivity contribution in [3.8, 4) is 0 Å². The predicted octanol–water partition coefficient (Wildman–Crippen LogP) is 2.85. The van der Waals surface area contributed by atoms with E-state index >= 15 is 0 Å². The molecule has 1 atom stereocenters. The second-order valence-electron chi connectivity index (χ2n) is 4.88. The predicted molar refractivity (Wildman–Crippen MR) is 59.3 cm³/mol. The number of nitrogens with one attached hydrogen (secondary N) is 1. The summed E-state index contributed by atoms with van der Waals surface area (Å²) in [7, 11) is 2.03. The first-order chi connectivity index (χ1) is 6.54. The Morgan fingerprint density at radius 1 is 1.43 bits per heavy atom. The normalized spacial score (nSPS) is 14.3. The van der Waals surface area contributed by atoms with Crippen molar-refractivity contribution in [3.05, 3.63) is 24.2 Å². The van der Waals surface area contributed by atoms with Gasteiger partial charge in [-0.15, -0.1) is 0 Å². The molecule has 1 rings (SSSR count). The lowest BCUT2D eigenvalue weighted by molar-refractivity contribution is 0.268. The third-order valence-electron chi connectivity index (χ3n) is 2.70. The molecule has 0 fully saturated rings. The van der Waals surface area contributed by atoms with E-state index in [0.29, 0.717) is 11.5 Å². The lowest BCUT2D eigenvalue weighted by Crippen LogP contribution is -2.38. The summed E-state index contributed by atoms with van der Waals surface area (Å²) in [5.74, 6) is 0. The Morgan fingerprint density at radius 3 is 2.57 bits per heavy atom. The van der Waals surface area contributed by atoms with Crippen molar-refractivity contribution in [3.63, 3.8) is 0 Å². The minimum Gasteiger partial charge on any atom is -0.472 e. The summed E-state index contributed by atoms with van der Waals surface area (Å²) >= 11 is 0. The first kappa shape index (κ1) is 11.3. The SMILES string of the molecule is CNC(CCc1ccoc1)C(C)(C)C. The first-order valence-electron chi connectivity index (χ1n) is 5.22. The van der Waals surface area contributed by atoms with Crippen LogP contribution < -0.4 is 5.32 Å². The van der Waals surface area contributed by atoms with Crippen LogP contribution in [0.3, 0.4) is 0 Å². The maximum Gasteiger partial charge on any atom is 0.0934 e. The summed E-state index contributed by atoms with van der Waals surface area (Å²) in [5, 5.41) is 3.37. The Morgan fingerprint density at radius 2 is 2.14 bits per heavy atom. The molecule has 1 unspecified atom stereocenters. The Kier molecular flexibility index (Phi) is 3.76. The minimum atomic E-state index is 0.318. The van der Waals surface area contributed by atoms with Gasteiger partial charge in [0, 0.05) is 6.04 Å². The van der Waals surface area contributed by atoms with E-state index in [1.807, 2.05) is 19.4 Å². The fourth-order valence-electron chi connectivity index (χ4n) is 1.76. The van der Waals surface area contributed by atoms with Gasteiger partial charge < -0.3 is 9.73 Å². The summed E-state index contributed by atoms with van der Waals surface area (Å²) in [4.78, 5) is 0. The third kappa shape index (κ3) is 3.18. The monoisotopic (exact) mass is 195 g/mol. The fourth-order valence-corrected chi connectivity index (χ4v) is 1.76. The molecule has 0 aromatic carbocycles. The van der Waals surface area contributed by atoms with Gasteiger partial charge in [-0.2, -0.15) is 0 Å². The molecule has 1 aromatic rings. The molecule has 0 spiro atoms. The number of aryl methyl sites for hydroxylation is 1. The molecule has 0 aliphatic carbocycles. The van der Waals surface area contributed by atoms with Crippen molar-refractivity contribution in [1.29, 1.82) is 0 Å². The maximum atomic E-state index is 5.05. The van der Waals surface area contributed by atoms with Gasteiger partial charge in [0.05, 0.1) is 12.5 Å². The van der Waals surface area contributed by atoms with Gasteiger partial charge in [-0.05, 0) is 36.9 Å². The van der Waals surface area contributed by atoms with Gasteiger partial charge in [-0.1, -0.05) is 20.8 Å². The van der Waals surface area contributed by atoms with Crippen LogP contribution in [0, 0.1) is 5.41 Å². The molecule has 1 heterocycles. The van der Waals surface area contributed by atoms with Crippen molar-refractivity contribution >= 4 is 0 Å². The quantitative estimate of drug-likeness (QED) is 0.799. The Bertz CT molecular complexity index is 246. The molecule has 0 aliphatic heterocycles. The summed E-state index contributed by atoms with van der Waals surface area (Å²) in [6.45, 7) is 6.80. The molecular weight excluding hydrogens is 174 g/mol. The number of hydrogen-bond donors (Lipinski definition) is 1. The highest BCUT2D eigenvalue weighted by molar-refractivity contribution is 5.05. The number of furan rings is 1. The number of rotatable bonds is 4. The van der Waals surface area contributed by atoms with Gasteiger partial charge in [0.1, 0.15) is 0 Å². The molecule has 0 saturated carbocycles. The second kappa shape index (κ2) is 4.65. The lowest BCUT2D eigenvalue weighted by atomic mass is 9.83. The molecule has 0 aliphatic rings. The van der Waals surface area contributed by atoms with Gasteiger partial charge in [-0.3, -0.25) is 0 Å². The summed E-state index contributed by atoms with van der Waals surface area (Å²) in [6.07, 6.45) is 5.80. The molecule has 80 valence electrons. The largest absolute Gasteiger partial charge is 0.472 e. The van der Waals surface area contributed by atoms with E-state index in [2.05, 4.69) is 26.1 Å². The lowest BCUT2D eigenvalue weighted by Gasteiger charge is -2.30. The van der Waals surface area contributed by atoms with E-state index in [4.69, 9.17) is 4.42 Å². The molecule has 2 nitrogen and oxygen atoms in total. The van der Waals surface area contributed by atoms with Crippen molar-refractivity contribution in [1.82, 2.24) is 5.32 Å². The second-order valence-corrected chi connectivity index (χ2v) is 4.88. The highest BCUT2D eigenvalue weighted by Crippen LogP contribution is 2.22. The average molecular weight is 195 g/mol. The highest BCUT2D eigenvalue weighted by atomic mass is 16.3. The summed E-state index contributed by atoms with van der Waals surface area (Å²) in [5.41, 5.74) is 1.60. The molecule has 1 N–H and O–H groups in total. The molecule has 0 saturated heterocycles. The summed E-state index contributed by atoms with van der Waals surface area (Å²) in [6, 6.07) is 2.59. The van der Waals surface area contributed by atoms with Crippen molar-refractivity contribution in [2.24, 2.45) is 5.41 Å². The zero-order valence-corrected chi connectivity index (χ0v) is 9.63. The van der Waals surface area contributed by atoms with Crippen LogP contribution in [-0.4, -0.2) is 13.1 Å². The van der Waals surface area contributed by atoms with Gasteiger partial charge in [0.25, 0.3) is 0 Å². The molecule has 0 radical (unpaired) electrons. The summed E-state index contributed by atoms with van der Waals surface area (Å²) < 4.78 is 5.05. The van der Waals surface area contributed by atoms with Crippen LogP contribution in [0.15, 0.2) is 23.0 Å². The zero-order valence-electron chi connectivity index (χ0n) is 9.63. The molecular formula is C12H21NO. The Balaban J connectivity index is 2.43. The van der Waals surface area contributed by atoms with Gasteiger partial charge in [0.2, 0.25) is 0 Å². The average Bonchev–Trinajstić information content (AvgIpc) is 2.55. The zero-order chi connectivity index (χ0) is 10.6. The van der Waals surface area contributed by atoms with Gasteiger partial charge in [0.15, 0.2) is 0 Å². The van der Waals surface area contributed by atoms with E-state index in [1.165, 1.54) is 5.56 Å². The van der Waals surface area contributed by atoms with E-state index in [1.54, 1.807) is 6.26 Å². The minimum absolute atomic E-state index is 0.318. The van der Waals surface area contributed by atoms with Gasteiger partial charge in [-0.25, -0.2) is 0 Å². The van der Waals surface area contributed by atoms with E-state index in [9.17, 15) is 0 Å². The van der Waals surface area contributed by atoms with E-state index < -0.39 is 0 Å². The third-order valence-corrected chi connectivity index (χ3v) is 2.70. The standard InChI is InChI=1S/C12H21NO/c1-12(2,3)11(13-4)6-5-10-7-8-14-9-10/h7-9,11,13H,5-6H2,1-4H3. The Labute approximate surface area is 86.7 Å². The molecule has 14 heavy (non-hydrogen) atoms. The molecule has 1 aromatic heterocycles. The van der Waals surface area contributed by atoms with Crippen LogP contribution in [0.1, 0.15) is 32.8 Å². The van der Waals surface area contributed by atoms with Crippen LogP contribution in [-0.2, 0) is 6.42 Å². The molecule has 0 amide bonds. The highest BCUT2D eigenvalue weighted by Gasteiger charge is 2.22. The van der Waals surface area contributed by atoms with E-state index in [0.717, 1.165) is 12.8 Å². The maximum absolute atomic E-state index is 5.05. The smallest absolute Gasteiger partial charge is 0.0934 e. The topological polar surface area (TPSA) is 25.2 Å². The van der Waals surface area contributed by atoms with Crippen molar-refractivity contribution in [2.75, 3.05) is 7.05 Å². The van der Waals surface area contributed by atoms with Crippen LogP contribution >= 0.6 is 0 Å². The number of hydrogen-bond acceptors (Lipinski definition) is 2. The fraction of sp³-hybridized carbons (Fsp3) is 0.667. The van der Waals surface area contributed by atoms with Crippen molar-refractivity contribution < 1.29 is 4.42 Å². The Hall–Kier alpha value is -0.760. The first-order valence-corrected chi connectivity index (χ1v) is 5.22. The van der Waals surface area contributed by atoms with Crippen molar-refractivity contribution in [2.45, 2.75) is 39.7 Å². The van der Waals surface area contributed by atoms with Crippen LogP contribution in [0.4, 0.5) is 0 Å². The molecule has 2 heteroatoms. The molecule has 0 bridgehead atoms. The van der Waals surface area contributed by atoms with Crippen LogP contribution in [0.25, 0.3) is 0 Å². The van der Waals surface area contributed by atoms with Gasteiger partial charge >= 0.3 is 0 Å². The van der Waals surface area contributed by atoms with Crippen LogP contribution in [0.2, 0.25) is 0 Å². The van der Waals surface area contributed by atoms with E-state index in [-0.39, 0.29) is 0 Å².